The zero-order valence-corrected chi connectivity index (χ0v) is 13.6. The largest absolute Gasteiger partial charge is 0.494 e. The van der Waals surface area contributed by atoms with Gasteiger partial charge in [-0.15, -0.1) is 24.0 Å². The number of carbonyl (C=O) groups excluding carboxylic acids is 1. The van der Waals surface area contributed by atoms with Crippen molar-refractivity contribution in [1.29, 1.82) is 0 Å². The molecular weight excluding hydrogens is 324 g/mol. The number of nitrogens with one attached hydrogen (secondary N) is 1. The molecule has 2 heterocycles. The number of thiazole rings is 1. The number of hydrogen-bond acceptors (Lipinski definition) is 6. The number of carbonyl (C=O) groups is 1. The molecule has 0 radical (unpaired) electrons. The van der Waals surface area contributed by atoms with Crippen LogP contribution in [0.2, 0.25) is 0 Å². The third kappa shape index (κ3) is 3.20. The Labute approximate surface area is 135 Å². The second-order valence-electron chi connectivity index (χ2n) is 4.20. The number of aromatic nitrogens is 1. The molecular formula is C14H12N2O2S3. The van der Waals surface area contributed by atoms with Gasteiger partial charge in [0, 0.05) is 10.3 Å². The molecule has 0 bridgehead atoms. The van der Waals surface area contributed by atoms with E-state index in [1.807, 2.05) is 30.5 Å². The molecule has 0 unspecified atom stereocenters. The predicted molar refractivity (Wildman–Crippen MR) is 90.3 cm³/mol. The molecule has 1 N–H and O–H groups in total. The van der Waals surface area contributed by atoms with Crippen molar-refractivity contribution in [3.8, 4) is 5.75 Å². The van der Waals surface area contributed by atoms with Crippen LogP contribution in [0.4, 0.5) is 5.13 Å². The summed E-state index contributed by atoms with van der Waals surface area (Å²) >= 11 is 6.99. The Morgan fingerprint density at radius 1 is 1.43 bits per heavy atom. The molecule has 1 amide bonds. The maximum absolute atomic E-state index is 12.1. The summed E-state index contributed by atoms with van der Waals surface area (Å²) in [4.78, 5) is 17.9. The number of anilines is 1. The minimum absolute atomic E-state index is 0.163. The lowest BCUT2D eigenvalue weighted by atomic mass is 10.3. The highest BCUT2D eigenvalue weighted by atomic mass is 32.1. The summed E-state index contributed by atoms with van der Waals surface area (Å²) in [6.07, 6.45) is 0. The summed E-state index contributed by atoms with van der Waals surface area (Å²) in [5.41, 5.74) is 0.847. The fourth-order valence-corrected chi connectivity index (χ4v) is 3.75. The van der Waals surface area contributed by atoms with Gasteiger partial charge >= 0.3 is 0 Å². The number of amides is 1. The molecule has 3 rings (SSSR count). The van der Waals surface area contributed by atoms with Crippen LogP contribution < -0.4 is 10.1 Å². The number of fused-ring (bicyclic) bond motifs is 1. The van der Waals surface area contributed by atoms with E-state index < -0.39 is 0 Å². The first-order valence-corrected chi connectivity index (χ1v) is 8.42. The molecule has 108 valence electrons. The van der Waals surface area contributed by atoms with Crippen LogP contribution in [0.5, 0.6) is 5.75 Å². The van der Waals surface area contributed by atoms with Crippen LogP contribution in [0, 0.1) is 0 Å². The summed E-state index contributed by atoms with van der Waals surface area (Å²) in [7, 11) is 0. The summed E-state index contributed by atoms with van der Waals surface area (Å²) in [6.45, 7) is 2.57. The summed E-state index contributed by atoms with van der Waals surface area (Å²) in [6, 6.07) is 7.44. The van der Waals surface area contributed by atoms with E-state index in [4.69, 9.17) is 4.74 Å². The molecule has 4 nitrogen and oxygen atoms in total. The van der Waals surface area contributed by atoms with Gasteiger partial charge in [-0.3, -0.25) is 10.1 Å². The maximum atomic E-state index is 12.1. The average molecular weight is 336 g/mol. The number of thiol groups is 1. The minimum atomic E-state index is -0.163. The van der Waals surface area contributed by atoms with Crippen molar-refractivity contribution in [1.82, 2.24) is 4.98 Å². The van der Waals surface area contributed by atoms with Gasteiger partial charge in [0.25, 0.3) is 5.91 Å². The van der Waals surface area contributed by atoms with Gasteiger partial charge in [-0.1, -0.05) is 11.3 Å². The Balaban J connectivity index is 1.82. The molecule has 0 saturated heterocycles. The minimum Gasteiger partial charge on any atom is -0.494 e. The van der Waals surface area contributed by atoms with Crippen LogP contribution in [0.25, 0.3) is 10.2 Å². The zero-order chi connectivity index (χ0) is 14.8. The van der Waals surface area contributed by atoms with Crippen LogP contribution in [0.15, 0.2) is 34.5 Å². The quantitative estimate of drug-likeness (QED) is 0.699. The monoisotopic (exact) mass is 336 g/mol. The van der Waals surface area contributed by atoms with Crippen molar-refractivity contribution in [3.63, 3.8) is 0 Å². The fourth-order valence-electron chi connectivity index (χ4n) is 1.82. The summed E-state index contributed by atoms with van der Waals surface area (Å²) in [5, 5.41) is 5.22. The Kier molecular flexibility index (Phi) is 4.14. The van der Waals surface area contributed by atoms with Crippen molar-refractivity contribution in [2.45, 2.75) is 11.8 Å². The first-order chi connectivity index (χ1) is 10.2. The standard InChI is InChI=1S/C14H12N2O2S3/c1-2-18-8-3-4-10-11(5-8)21-14(15-10)16-13(17)12-6-9(19)7-20-12/h3-7,19H,2H2,1H3,(H,15,16,17). The highest BCUT2D eigenvalue weighted by Gasteiger charge is 2.12. The smallest absolute Gasteiger partial charge is 0.267 e. The molecule has 2 aromatic heterocycles. The van der Waals surface area contributed by atoms with E-state index in [-0.39, 0.29) is 5.91 Å². The van der Waals surface area contributed by atoms with Gasteiger partial charge in [0.05, 0.1) is 21.7 Å². The second kappa shape index (κ2) is 6.05. The number of nitrogens with zero attached hydrogens (tertiary/aromatic N) is 1. The van der Waals surface area contributed by atoms with Gasteiger partial charge < -0.3 is 4.74 Å². The molecule has 1 aromatic carbocycles. The Hall–Kier alpha value is -1.57. The van der Waals surface area contributed by atoms with E-state index in [0.29, 0.717) is 16.6 Å². The molecule has 0 aliphatic heterocycles. The van der Waals surface area contributed by atoms with Crippen molar-refractivity contribution in [2.24, 2.45) is 0 Å². The van der Waals surface area contributed by atoms with E-state index >= 15 is 0 Å². The lowest BCUT2D eigenvalue weighted by molar-refractivity contribution is 0.103. The normalized spacial score (nSPS) is 10.8. The first kappa shape index (κ1) is 14.4. The van der Waals surface area contributed by atoms with Crippen molar-refractivity contribution >= 4 is 56.6 Å². The SMILES string of the molecule is CCOc1ccc2nc(NC(=O)c3cc(S)cs3)sc2c1. The van der Waals surface area contributed by atoms with E-state index in [2.05, 4.69) is 22.9 Å². The lowest BCUT2D eigenvalue weighted by Crippen LogP contribution is -2.09. The average Bonchev–Trinajstić information content (AvgIpc) is 3.04. The lowest BCUT2D eigenvalue weighted by Gasteiger charge is -2.00. The predicted octanol–water partition coefficient (Wildman–Crippen LogP) is 4.30. The van der Waals surface area contributed by atoms with Crippen molar-refractivity contribution in [2.75, 3.05) is 11.9 Å². The van der Waals surface area contributed by atoms with Crippen LogP contribution >= 0.6 is 35.3 Å². The van der Waals surface area contributed by atoms with Crippen LogP contribution in [-0.4, -0.2) is 17.5 Å². The van der Waals surface area contributed by atoms with Crippen LogP contribution in [0.3, 0.4) is 0 Å². The van der Waals surface area contributed by atoms with Gasteiger partial charge in [-0.05, 0) is 31.2 Å². The van der Waals surface area contributed by atoms with Gasteiger partial charge in [-0.2, -0.15) is 0 Å². The number of ether oxygens (including phenoxy) is 1. The van der Waals surface area contributed by atoms with E-state index in [9.17, 15) is 4.79 Å². The topological polar surface area (TPSA) is 51.2 Å². The molecule has 0 atom stereocenters. The Bertz CT molecular complexity index is 794. The van der Waals surface area contributed by atoms with Gasteiger partial charge in [0.2, 0.25) is 0 Å². The highest BCUT2D eigenvalue weighted by molar-refractivity contribution is 7.80. The van der Waals surface area contributed by atoms with E-state index in [0.717, 1.165) is 20.9 Å². The van der Waals surface area contributed by atoms with Gasteiger partial charge in [-0.25, -0.2) is 4.98 Å². The zero-order valence-electron chi connectivity index (χ0n) is 11.1. The Morgan fingerprint density at radius 3 is 3.00 bits per heavy atom. The molecule has 0 spiro atoms. The third-order valence-electron chi connectivity index (χ3n) is 2.70. The van der Waals surface area contributed by atoms with Crippen molar-refractivity contribution in [3.05, 3.63) is 34.5 Å². The van der Waals surface area contributed by atoms with Gasteiger partial charge in [0.15, 0.2) is 5.13 Å². The molecule has 3 aromatic rings. The Morgan fingerprint density at radius 2 is 2.29 bits per heavy atom. The number of rotatable bonds is 4. The molecule has 0 saturated carbocycles. The first-order valence-electron chi connectivity index (χ1n) is 6.28. The van der Waals surface area contributed by atoms with Gasteiger partial charge in [0.1, 0.15) is 5.75 Å². The molecule has 0 aliphatic carbocycles. The summed E-state index contributed by atoms with van der Waals surface area (Å²) < 4.78 is 6.44. The second-order valence-corrected chi connectivity index (χ2v) is 6.66. The summed E-state index contributed by atoms with van der Waals surface area (Å²) in [5.74, 6) is 0.647. The van der Waals surface area contributed by atoms with Crippen LogP contribution in [0.1, 0.15) is 16.6 Å². The molecule has 0 aliphatic rings. The highest BCUT2D eigenvalue weighted by Crippen LogP contribution is 2.30. The van der Waals surface area contributed by atoms with Crippen LogP contribution in [-0.2, 0) is 0 Å². The third-order valence-corrected chi connectivity index (χ3v) is 5.00. The maximum Gasteiger partial charge on any atom is 0.267 e. The number of thiophene rings is 1. The molecule has 0 fully saturated rings. The van der Waals surface area contributed by atoms with E-state index in [1.54, 1.807) is 6.07 Å². The van der Waals surface area contributed by atoms with E-state index in [1.165, 1.54) is 22.7 Å². The molecule has 7 heteroatoms. The molecule has 21 heavy (non-hydrogen) atoms. The number of hydrogen-bond donors (Lipinski definition) is 2. The fraction of sp³-hybridized carbons (Fsp3) is 0.143. The van der Waals surface area contributed by atoms with Crippen molar-refractivity contribution < 1.29 is 9.53 Å². The number of benzene rings is 1.